The lowest BCUT2D eigenvalue weighted by Crippen LogP contribution is -2.52. The van der Waals surface area contributed by atoms with E-state index in [9.17, 15) is 13.2 Å². The summed E-state index contributed by atoms with van der Waals surface area (Å²) in [5.41, 5.74) is -0.628. The van der Waals surface area contributed by atoms with Crippen molar-refractivity contribution in [2.45, 2.75) is 71.6 Å². The van der Waals surface area contributed by atoms with Crippen LogP contribution in [0.15, 0.2) is 0 Å². The van der Waals surface area contributed by atoms with Gasteiger partial charge >= 0.3 is 0 Å². The second-order valence-corrected chi connectivity index (χ2v) is 13.0. The molecular formula is C21H33NO3S. The number of carbonyl (C=O) groups is 1. The number of hydrogen-bond acceptors (Lipinski definition) is 3. The van der Waals surface area contributed by atoms with E-state index < -0.39 is 15.4 Å². The summed E-state index contributed by atoms with van der Waals surface area (Å²) in [6, 6.07) is 0. The molecule has 6 saturated carbocycles. The Morgan fingerprint density at radius 1 is 1.04 bits per heavy atom. The Labute approximate surface area is 157 Å². The van der Waals surface area contributed by atoms with E-state index in [1.54, 1.807) is 0 Å². The zero-order valence-corrected chi connectivity index (χ0v) is 17.0. The fourth-order valence-electron chi connectivity index (χ4n) is 8.25. The van der Waals surface area contributed by atoms with Crippen molar-refractivity contribution in [2.24, 2.45) is 39.9 Å². The first-order chi connectivity index (χ1) is 12.1. The Morgan fingerprint density at radius 2 is 1.62 bits per heavy atom. The summed E-state index contributed by atoms with van der Waals surface area (Å²) in [5.74, 6) is 3.06. The van der Waals surface area contributed by atoms with Crippen molar-refractivity contribution in [3.05, 3.63) is 0 Å². The Hall–Kier alpha value is -0.420. The third-order valence-corrected chi connectivity index (χ3v) is 10.9. The molecule has 2 atom stereocenters. The van der Waals surface area contributed by atoms with Crippen LogP contribution < -0.4 is 4.72 Å². The number of carbonyl (C=O) groups excluding carboxylic acids is 1. The van der Waals surface area contributed by atoms with Crippen molar-refractivity contribution in [1.82, 2.24) is 4.72 Å². The molecule has 6 aliphatic rings. The average Bonchev–Trinajstić information content (AvgIpc) is 2.86. The van der Waals surface area contributed by atoms with Gasteiger partial charge in [0.2, 0.25) is 10.0 Å². The van der Waals surface area contributed by atoms with Gasteiger partial charge in [-0.05, 0) is 85.9 Å². The topological polar surface area (TPSA) is 63.2 Å². The standard InChI is InChI=1S/C21H33NO3S/c1-19(2)17-3-4-21(19,18(23)8-17)13-26(24,25)22-12-20-9-14-5-15(10-20)7-16(6-14)11-20/h14-17,22H,3-13H2,1-2H3. The monoisotopic (exact) mass is 379 g/mol. The Kier molecular flexibility index (Phi) is 3.63. The van der Waals surface area contributed by atoms with Gasteiger partial charge in [0.05, 0.1) is 5.75 Å². The third kappa shape index (κ3) is 2.41. The molecule has 2 unspecified atom stereocenters. The first-order valence-electron chi connectivity index (χ1n) is 10.6. The second kappa shape index (κ2) is 5.34. The van der Waals surface area contributed by atoms with Gasteiger partial charge in [-0.3, -0.25) is 4.79 Å². The highest BCUT2D eigenvalue weighted by Crippen LogP contribution is 2.64. The minimum atomic E-state index is -3.43. The molecule has 5 heteroatoms. The molecule has 0 aromatic carbocycles. The molecule has 6 fully saturated rings. The zero-order chi connectivity index (χ0) is 18.4. The van der Waals surface area contributed by atoms with Crippen LogP contribution >= 0.6 is 0 Å². The Balaban J connectivity index is 1.31. The van der Waals surface area contributed by atoms with Crippen LogP contribution in [0.1, 0.15) is 71.6 Å². The molecule has 0 radical (unpaired) electrons. The van der Waals surface area contributed by atoms with Gasteiger partial charge < -0.3 is 0 Å². The molecule has 6 rings (SSSR count). The fourth-order valence-corrected chi connectivity index (χ4v) is 10.2. The van der Waals surface area contributed by atoms with Gasteiger partial charge in [-0.1, -0.05) is 13.8 Å². The van der Waals surface area contributed by atoms with Crippen molar-refractivity contribution in [3.8, 4) is 0 Å². The molecule has 4 nitrogen and oxygen atoms in total. The summed E-state index contributed by atoms with van der Waals surface area (Å²) in [7, 11) is -3.43. The highest BCUT2D eigenvalue weighted by molar-refractivity contribution is 7.89. The maximum atomic E-state index is 13.0. The lowest BCUT2D eigenvalue weighted by atomic mass is 9.50. The minimum absolute atomic E-state index is 0.00863. The lowest BCUT2D eigenvalue weighted by Gasteiger charge is -2.57. The van der Waals surface area contributed by atoms with Crippen LogP contribution in [0.5, 0.6) is 0 Å². The van der Waals surface area contributed by atoms with E-state index in [-0.39, 0.29) is 22.4 Å². The first-order valence-corrected chi connectivity index (χ1v) is 12.3. The highest BCUT2D eigenvalue weighted by atomic mass is 32.2. The smallest absolute Gasteiger partial charge is 0.212 e. The van der Waals surface area contributed by atoms with Crippen molar-refractivity contribution in [2.75, 3.05) is 12.3 Å². The first kappa shape index (κ1) is 17.7. The van der Waals surface area contributed by atoms with Crippen LogP contribution in [-0.2, 0) is 14.8 Å². The van der Waals surface area contributed by atoms with Crippen LogP contribution in [0.2, 0.25) is 0 Å². The molecule has 0 aromatic heterocycles. The Morgan fingerprint density at radius 3 is 2.08 bits per heavy atom. The zero-order valence-electron chi connectivity index (χ0n) is 16.2. The van der Waals surface area contributed by atoms with Crippen molar-refractivity contribution < 1.29 is 13.2 Å². The molecule has 1 N–H and O–H groups in total. The van der Waals surface area contributed by atoms with Crippen molar-refractivity contribution in [1.29, 1.82) is 0 Å². The van der Waals surface area contributed by atoms with Crippen molar-refractivity contribution >= 4 is 15.8 Å². The molecule has 26 heavy (non-hydrogen) atoms. The predicted octanol–water partition coefficient (Wildman–Crippen LogP) is 3.52. The molecule has 6 bridgehead atoms. The van der Waals surface area contributed by atoms with Gasteiger partial charge in [0.1, 0.15) is 5.78 Å². The third-order valence-electron chi connectivity index (χ3n) is 9.41. The molecule has 0 saturated heterocycles. The van der Waals surface area contributed by atoms with E-state index in [1.165, 1.54) is 38.5 Å². The maximum Gasteiger partial charge on any atom is 0.212 e. The van der Waals surface area contributed by atoms with Crippen LogP contribution in [0.25, 0.3) is 0 Å². The fraction of sp³-hybridized carbons (Fsp3) is 0.952. The minimum Gasteiger partial charge on any atom is -0.299 e. The predicted molar refractivity (Wildman–Crippen MR) is 101 cm³/mol. The second-order valence-electron chi connectivity index (χ2n) is 11.2. The number of hydrogen-bond donors (Lipinski definition) is 1. The van der Waals surface area contributed by atoms with Gasteiger partial charge in [-0.15, -0.1) is 0 Å². The maximum absolute atomic E-state index is 13.0. The van der Waals surface area contributed by atoms with E-state index in [1.807, 2.05) is 0 Å². The number of ketones is 1. The van der Waals surface area contributed by atoms with Crippen LogP contribution in [0, 0.1) is 39.9 Å². The SMILES string of the molecule is CC1(C)C2CCC1(CS(=O)(=O)NCC13CC4CC(CC(C4)C1)C3)C(=O)C2. The molecule has 146 valence electrons. The van der Waals surface area contributed by atoms with E-state index in [0.29, 0.717) is 18.9 Å². The van der Waals surface area contributed by atoms with Crippen LogP contribution in [0.4, 0.5) is 0 Å². The molecule has 0 aliphatic heterocycles. The largest absolute Gasteiger partial charge is 0.299 e. The van der Waals surface area contributed by atoms with Crippen LogP contribution in [-0.4, -0.2) is 26.5 Å². The van der Waals surface area contributed by atoms with Gasteiger partial charge in [-0.25, -0.2) is 13.1 Å². The summed E-state index contributed by atoms with van der Waals surface area (Å²) >= 11 is 0. The summed E-state index contributed by atoms with van der Waals surface area (Å²) in [6.07, 6.45) is 10.1. The molecular weight excluding hydrogens is 346 g/mol. The van der Waals surface area contributed by atoms with Gasteiger partial charge in [-0.2, -0.15) is 0 Å². The number of rotatable bonds is 5. The number of nitrogens with one attached hydrogen (secondary N) is 1. The normalized spacial score (nSPS) is 48.5. The molecule has 0 amide bonds. The summed E-state index contributed by atoms with van der Waals surface area (Å²) in [4.78, 5) is 12.7. The van der Waals surface area contributed by atoms with Gasteiger partial charge in [0, 0.05) is 18.4 Å². The van der Waals surface area contributed by atoms with E-state index in [2.05, 4.69) is 18.6 Å². The average molecular weight is 380 g/mol. The summed E-state index contributed by atoms with van der Waals surface area (Å²) < 4.78 is 29.1. The molecule has 0 heterocycles. The van der Waals surface area contributed by atoms with E-state index in [0.717, 1.165) is 30.6 Å². The molecule has 0 aromatic rings. The number of sulfonamides is 1. The molecule has 6 aliphatic carbocycles. The number of Topliss-reactive ketones (excluding diaryl/α,β-unsaturated/α-hetero) is 1. The van der Waals surface area contributed by atoms with Crippen LogP contribution in [0.3, 0.4) is 0 Å². The quantitative estimate of drug-likeness (QED) is 0.795. The lowest BCUT2D eigenvalue weighted by molar-refractivity contribution is -0.128. The van der Waals surface area contributed by atoms with Gasteiger partial charge in [0.15, 0.2) is 0 Å². The summed E-state index contributed by atoms with van der Waals surface area (Å²) in [5, 5.41) is 0. The van der Waals surface area contributed by atoms with E-state index >= 15 is 0 Å². The molecule has 0 spiro atoms. The Bertz CT molecular complexity index is 705. The number of fused-ring (bicyclic) bond motifs is 2. The van der Waals surface area contributed by atoms with Crippen molar-refractivity contribution in [3.63, 3.8) is 0 Å². The highest BCUT2D eigenvalue weighted by Gasteiger charge is 2.65. The van der Waals surface area contributed by atoms with Gasteiger partial charge in [0.25, 0.3) is 0 Å². The summed E-state index contributed by atoms with van der Waals surface area (Å²) in [6.45, 7) is 4.83. The van der Waals surface area contributed by atoms with E-state index in [4.69, 9.17) is 0 Å².